The van der Waals surface area contributed by atoms with Gasteiger partial charge in [-0.3, -0.25) is 0 Å². The molecular formula is C41H49N5O4S. The number of aromatic nitrogens is 4. The normalized spacial score (nSPS) is 17.1. The quantitative estimate of drug-likeness (QED) is 0.0977. The van der Waals surface area contributed by atoms with Crippen molar-refractivity contribution in [3.63, 3.8) is 0 Å². The minimum absolute atomic E-state index is 0.437. The molecule has 0 spiro atoms. The van der Waals surface area contributed by atoms with Gasteiger partial charge in [0.15, 0.2) is 10.6 Å². The molecule has 0 bridgehead atoms. The molecule has 1 saturated heterocycles. The number of aryl methyl sites for hydroxylation is 2. The van der Waals surface area contributed by atoms with E-state index < -0.39 is 11.2 Å². The van der Waals surface area contributed by atoms with E-state index in [4.69, 9.17) is 19.2 Å². The Labute approximate surface area is 304 Å². The topological polar surface area (TPSA) is 100 Å². The second-order valence-corrected chi connectivity index (χ2v) is 15.1. The van der Waals surface area contributed by atoms with Crippen molar-refractivity contribution in [3.05, 3.63) is 89.8 Å². The predicted molar refractivity (Wildman–Crippen MR) is 206 cm³/mol. The molecule has 10 heteroatoms. The van der Waals surface area contributed by atoms with Gasteiger partial charge in [0.05, 0.1) is 35.4 Å². The highest BCUT2D eigenvalue weighted by Crippen LogP contribution is 2.36. The van der Waals surface area contributed by atoms with E-state index in [1.165, 1.54) is 16.8 Å². The molecule has 7 rings (SSSR count). The summed E-state index contributed by atoms with van der Waals surface area (Å²) in [5.41, 5.74) is 9.68. The Hall–Kier alpha value is -4.09. The molecule has 5 aromatic rings. The van der Waals surface area contributed by atoms with Crippen LogP contribution in [0.25, 0.3) is 33.8 Å². The number of rotatable bonds is 13. The van der Waals surface area contributed by atoms with Crippen molar-refractivity contribution in [2.45, 2.75) is 63.1 Å². The molecule has 1 unspecified atom stereocenters. The Kier molecular flexibility index (Phi) is 11.4. The van der Waals surface area contributed by atoms with Gasteiger partial charge in [0.25, 0.3) is 0 Å². The van der Waals surface area contributed by atoms with Crippen molar-refractivity contribution < 1.29 is 18.8 Å². The van der Waals surface area contributed by atoms with E-state index in [2.05, 4.69) is 62.8 Å². The van der Waals surface area contributed by atoms with Crippen molar-refractivity contribution in [2.24, 2.45) is 5.92 Å². The van der Waals surface area contributed by atoms with E-state index in [1.54, 1.807) is 7.11 Å². The van der Waals surface area contributed by atoms with Crippen molar-refractivity contribution in [3.8, 4) is 16.9 Å². The lowest BCUT2D eigenvalue weighted by Crippen LogP contribution is -2.34. The number of allylic oxidation sites excluding steroid dienone is 1. The Morgan fingerprint density at radius 3 is 2.65 bits per heavy atom. The van der Waals surface area contributed by atoms with Gasteiger partial charge >= 0.3 is 0 Å². The van der Waals surface area contributed by atoms with Crippen LogP contribution in [0.5, 0.6) is 5.75 Å². The van der Waals surface area contributed by atoms with Crippen LogP contribution < -0.4 is 9.64 Å². The summed E-state index contributed by atoms with van der Waals surface area (Å²) in [4.78, 5) is 16.5. The summed E-state index contributed by atoms with van der Waals surface area (Å²) in [6.45, 7) is 9.81. The third kappa shape index (κ3) is 8.36. The van der Waals surface area contributed by atoms with Crippen LogP contribution in [-0.4, -0.2) is 70.7 Å². The molecule has 268 valence electrons. The van der Waals surface area contributed by atoms with Crippen LogP contribution in [0.1, 0.15) is 61.8 Å². The van der Waals surface area contributed by atoms with Gasteiger partial charge in [-0.05, 0) is 121 Å². The minimum atomic E-state index is -1.21. The Bertz CT molecular complexity index is 1950. The number of anilines is 1. The summed E-state index contributed by atoms with van der Waals surface area (Å²) in [6, 6.07) is 21.1. The number of methoxy groups -OCH3 is 1. The molecular weight excluding hydrogens is 659 g/mol. The van der Waals surface area contributed by atoms with Crippen LogP contribution in [0.15, 0.2) is 71.9 Å². The second-order valence-electron chi connectivity index (χ2n) is 13.6. The zero-order chi connectivity index (χ0) is 35.2. The van der Waals surface area contributed by atoms with Gasteiger partial charge in [-0.25, -0.2) is 9.97 Å². The maximum absolute atomic E-state index is 13.6. The second kappa shape index (κ2) is 16.5. The molecule has 0 amide bonds. The van der Waals surface area contributed by atoms with Crippen LogP contribution in [0.4, 0.5) is 5.69 Å². The first-order valence-corrected chi connectivity index (χ1v) is 19.6. The number of fused-ring (bicyclic) bond motifs is 2. The van der Waals surface area contributed by atoms with E-state index >= 15 is 0 Å². The predicted octanol–water partition coefficient (Wildman–Crippen LogP) is 8.05. The van der Waals surface area contributed by atoms with Gasteiger partial charge in [0.2, 0.25) is 0 Å². The Balaban J connectivity index is 1.19. The zero-order valence-electron chi connectivity index (χ0n) is 30.0. The molecule has 3 aromatic carbocycles. The van der Waals surface area contributed by atoms with Gasteiger partial charge in [0, 0.05) is 51.7 Å². The highest BCUT2D eigenvalue weighted by atomic mass is 32.2. The standard InChI is InChI=1S/C41H49N5O4S/c1-4-17-46-28-42-29(2)40(46)27-51(47)36-12-13-37-38(25-36)44-41(43-37)33-6-5-18-45(26-30-15-19-49-20-16-30)39-14-9-32(23-34(39)24-33)31-7-10-35(11-8-31)50-22-21-48-3/h7-14,23-25,28,30H,4-6,15-22,26-27H2,1-3H3,(H,43,44)/b33-24+. The van der Waals surface area contributed by atoms with Gasteiger partial charge in [-0.15, -0.1) is 0 Å². The molecule has 2 aliphatic rings. The molecule has 9 nitrogen and oxygen atoms in total. The molecule has 0 radical (unpaired) electrons. The first kappa shape index (κ1) is 35.3. The highest BCUT2D eigenvalue weighted by molar-refractivity contribution is 7.90. The van der Waals surface area contributed by atoms with Gasteiger partial charge in [0.1, 0.15) is 18.2 Å². The molecule has 0 aliphatic carbocycles. The van der Waals surface area contributed by atoms with Crippen molar-refractivity contribution in [1.29, 1.82) is 0 Å². The smallest absolute Gasteiger partial charge is 0.155 e. The van der Waals surface area contributed by atoms with E-state index in [0.717, 1.165) is 115 Å². The average Bonchev–Trinajstić information content (AvgIpc) is 3.73. The molecule has 1 fully saturated rings. The fraction of sp³-hybridized carbons (Fsp3) is 0.415. The summed E-state index contributed by atoms with van der Waals surface area (Å²) in [5.74, 6) is 2.77. The average molecular weight is 708 g/mol. The molecule has 4 heterocycles. The van der Waals surface area contributed by atoms with E-state index in [-0.39, 0.29) is 0 Å². The fourth-order valence-corrected chi connectivity index (χ4v) is 8.45. The summed E-state index contributed by atoms with van der Waals surface area (Å²) in [7, 11) is 1.68. The lowest BCUT2D eigenvalue weighted by Gasteiger charge is -2.33. The number of nitrogens with one attached hydrogen (secondary N) is 1. The number of imidazole rings is 2. The molecule has 2 aromatic heterocycles. The van der Waals surface area contributed by atoms with Crippen LogP contribution in [0.3, 0.4) is 0 Å². The SMILES string of the molecule is CCCn1cnc(C)c1C[S+]([O-])c1ccc2[nH]c(/C3=C/c4cc(-c5ccc(OCCOC)cc5)ccc4N(CC4CCOCC4)CCC3)nc2c1. The van der Waals surface area contributed by atoms with Crippen molar-refractivity contribution >= 4 is 39.5 Å². The minimum Gasteiger partial charge on any atom is -0.611 e. The van der Waals surface area contributed by atoms with E-state index in [9.17, 15) is 4.55 Å². The lowest BCUT2D eigenvalue weighted by molar-refractivity contribution is 0.0682. The number of ether oxygens (including phenoxy) is 3. The van der Waals surface area contributed by atoms with Gasteiger partial charge in [-0.1, -0.05) is 25.1 Å². The molecule has 1 atom stereocenters. The van der Waals surface area contributed by atoms with Crippen LogP contribution in [0.2, 0.25) is 0 Å². The number of benzene rings is 3. The zero-order valence-corrected chi connectivity index (χ0v) is 30.8. The molecule has 2 aliphatic heterocycles. The number of hydrogen-bond donors (Lipinski definition) is 1. The Morgan fingerprint density at radius 1 is 1.02 bits per heavy atom. The Morgan fingerprint density at radius 2 is 1.84 bits per heavy atom. The maximum atomic E-state index is 13.6. The first-order chi connectivity index (χ1) is 25.0. The number of aromatic amines is 1. The number of hydrogen-bond acceptors (Lipinski definition) is 7. The van der Waals surface area contributed by atoms with Gasteiger partial charge in [-0.2, -0.15) is 0 Å². The van der Waals surface area contributed by atoms with Crippen molar-refractivity contribution in [1.82, 2.24) is 19.5 Å². The highest BCUT2D eigenvalue weighted by Gasteiger charge is 2.23. The van der Waals surface area contributed by atoms with Crippen molar-refractivity contribution in [2.75, 3.05) is 51.5 Å². The lowest BCUT2D eigenvalue weighted by atomic mass is 9.94. The van der Waals surface area contributed by atoms with E-state index in [1.807, 2.05) is 43.6 Å². The monoisotopic (exact) mass is 707 g/mol. The summed E-state index contributed by atoms with van der Waals surface area (Å²) in [5, 5.41) is 0. The summed E-state index contributed by atoms with van der Waals surface area (Å²) >= 11 is -1.21. The first-order valence-electron chi connectivity index (χ1n) is 18.3. The fourth-order valence-electron chi connectivity index (χ4n) is 7.20. The van der Waals surface area contributed by atoms with Crippen LogP contribution >= 0.6 is 0 Å². The third-order valence-corrected chi connectivity index (χ3v) is 11.4. The van der Waals surface area contributed by atoms with Crippen LogP contribution in [0, 0.1) is 12.8 Å². The number of nitrogens with zero attached hydrogens (tertiary/aromatic N) is 4. The molecule has 51 heavy (non-hydrogen) atoms. The maximum Gasteiger partial charge on any atom is 0.155 e. The summed E-state index contributed by atoms with van der Waals surface area (Å²) in [6.07, 6.45) is 9.34. The largest absolute Gasteiger partial charge is 0.611 e. The molecule has 1 N–H and O–H groups in total. The summed E-state index contributed by atoms with van der Waals surface area (Å²) < 4.78 is 32.3. The third-order valence-electron chi connectivity index (χ3n) is 10.0. The van der Waals surface area contributed by atoms with Crippen LogP contribution in [-0.2, 0) is 32.9 Å². The van der Waals surface area contributed by atoms with E-state index in [0.29, 0.717) is 24.9 Å². The number of H-pyrrole nitrogens is 1. The van der Waals surface area contributed by atoms with Gasteiger partial charge < -0.3 is 33.2 Å². The molecule has 0 saturated carbocycles.